The molecule has 1 heterocycles. The summed E-state index contributed by atoms with van der Waals surface area (Å²) in [6.45, 7) is 3.13. The maximum atomic E-state index is 12.7. The van der Waals surface area contributed by atoms with Crippen LogP contribution in [0.25, 0.3) is 0 Å². The molecule has 3 atom stereocenters. The molecule has 1 saturated heterocycles. The van der Waals surface area contributed by atoms with Crippen LogP contribution < -0.4 is 0 Å². The van der Waals surface area contributed by atoms with Gasteiger partial charge in [-0.15, -0.1) is 0 Å². The molecule has 1 aliphatic rings. The Morgan fingerprint density at radius 2 is 1.79 bits per heavy atom. The second kappa shape index (κ2) is 9.87. The van der Waals surface area contributed by atoms with Gasteiger partial charge in [-0.2, -0.15) is 0 Å². The molecule has 28 heavy (non-hydrogen) atoms. The second-order valence-electron chi connectivity index (χ2n) is 6.55. The molecule has 0 spiro atoms. The monoisotopic (exact) mass is 391 g/mol. The first-order valence-electron chi connectivity index (χ1n) is 9.10. The number of ether oxygens (including phenoxy) is 3. The van der Waals surface area contributed by atoms with E-state index >= 15 is 0 Å². The average molecular weight is 391 g/mol. The quantitative estimate of drug-likeness (QED) is 0.517. The van der Waals surface area contributed by atoms with Crippen molar-refractivity contribution in [3.63, 3.8) is 0 Å². The fourth-order valence-electron chi connectivity index (χ4n) is 3.39. The van der Waals surface area contributed by atoms with Gasteiger partial charge in [0.25, 0.3) is 0 Å². The zero-order chi connectivity index (χ0) is 20.7. The van der Waals surface area contributed by atoms with E-state index < -0.39 is 35.9 Å². The number of hydrogen-bond acceptors (Lipinski definition) is 7. The molecule has 0 aliphatic carbocycles. The Morgan fingerprint density at radius 1 is 1.11 bits per heavy atom. The van der Waals surface area contributed by atoms with Crippen molar-refractivity contribution in [3.05, 3.63) is 35.9 Å². The van der Waals surface area contributed by atoms with E-state index in [0.717, 1.165) is 5.56 Å². The Bertz CT molecular complexity index is 719. The van der Waals surface area contributed by atoms with Crippen LogP contribution in [-0.4, -0.2) is 55.0 Å². The lowest BCUT2D eigenvalue weighted by molar-refractivity contribution is -0.150. The summed E-state index contributed by atoms with van der Waals surface area (Å²) in [4.78, 5) is 50.3. The number of nitrogens with zero attached hydrogens (tertiary/aromatic N) is 1. The van der Waals surface area contributed by atoms with E-state index in [4.69, 9.17) is 14.2 Å². The summed E-state index contributed by atoms with van der Waals surface area (Å²) in [5.41, 5.74) is 0.789. The van der Waals surface area contributed by atoms with Gasteiger partial charge < -0.3 is 14.2 Å². The van der Waals surface area contributed by atoms with Crippen molar-refractivity contribution < 1.29 is 33.4 Å². The highest BCUT2D eigenvalue weighted by Gasteiger charge is 2.51. The summed E-state index contributed by atoms with van der Waals surface area (Å²) >= 11 is 0. The normalized spacial score (nSPS) is 21.1. The highest BCUT2D eigenvalue weighted by atomic mass is 16.6. The number of carbonyl (C=O) groups excluding carboxylic acids is 4. The van der Waals surface area contributed by atoms with Gasteiger partial charge in [-0.25, -0.2) is 9.59 Å². The van der Waals surface area contributed by atoms with Crippen molar-refractivity contribution in [3.8, 4) is 0 Å². The zero-order valence-corrected chi connectivity index (χ0v) is 16.3. The number of methoxy groups -OCH3 is 1. The number of amides is 1. The Labute approximate surface area is 163 Å². The Kier molecular flexibility index (Phi) is 7.54. The van der Waals surface area contributed by atoms with Crippen LogP contribution in [0.2, 0.25) is 0 Å². The molecule has 1 aromatic carbocycles. The highest BCUT2D eigenvalue weighted by Crippen LogP contribution is 2.35. The van der Waals surface area contributed by atoms with Crippen molar-refractivity contribution in [2.24, 2.45) is 11.8 Å². The van der Waals surface area contributed by atoms with Gasteiger partial charge in [0, 0.05) is 18.4 Å². The smallest absolute Gasteiger partial charge is 0.410 e. The van der Waals surface area contributed by atoms with Crippen molar-refractivity contribution >= 4 is 23.8 Å². The van der Waals surface area contributed by atoms with Gasteiger partial charge in [0.1, 0.15) is 18.4 Å². The topological polar surface area (TPSA) is 99.2 Å². The first kappa shape index (κ1) is 21.4. The van der Waals surface area contributed by atoms with E-state index in [0.29, 0.717) is 0 Å². The van der Waals surface area contributed by atoms with Crippen molar-refractivity contribution in [1.29, 1.82) is 0 Å². The molecule has 8 nitrogen and oxygen atoms in total. The molecule has 8 heteroatoms. The van der Waals surface area contributed by atoms with Crippen LogP contribution in [0.4, 0.5) is 4.79 Å². The number of benzene rings is 1. The lowest BCUT2D eigenvalue weighted by atomic mass is 9.85. The zero-order valence-electron chi connectivity index (χ0n) is 16.3. The van der Waals surface area contributed by atoms with Crippen LogP contribution in [0.1, 0.15) is 25.8 Å². The Morgan fingerprint density at radius 3 is 2.36 bits per heavy atom. The van der Waals surface area contributed by atoms with Crippen LogP contribution in [-0.2, 0) is 35.2 Å². The molecule has 0 bridgehead atoms. The number of hydrogen-bond donors (Lipinski definition) is 0. The summed E-state index contributed by atoms with van der Waals surface area (Å²) in [6, 6.07) is 8.00. The van der Waals surface area contributed by atoms with E-state index in [1.165, 1.54) is 18.9 Å². The largest absolute Gasteiger partial charge is 0.469 e. The van der Waals surface area contributed by atoms with Gasteiger partial charge in [0.15, 0.2) is 0 Å². The summed E-state index contributed by atoms with van der Waals surface area (Å²) in [5.74, 6) is -2.87. The maximum Gasteiger partial charge on any atom is 0.410 e. The molecule has 0 aromatic heterocycles. The van der Waals surface area contributed by atoms with E-state index in [-0.39, 0.29) is 32.0 Å². The van der Waals surface area contributed by atoms with Gasteiger partial charge in [-0.1, -0.05) is 30.3 Å². The number of esters is 2. The molecule has 2 rings (SSSR count). The van der Waals surface area contributed by atoms with Gasteiger partial charge in [-0.3, -0.25) is 14.5 Å². The third-order valence-corrected chi connectivity index (χ3v) is 4.77. The summed E-state index contributed by atoms with van der Waals surface area (Å²) in [7, 11) is 1.23. The molecule has 0 N–H and O–H groups in total. The number of ketones is 1. The number of Topliss-reactive ketones (excluding diaryl/α,β-unsaturated/α-hetero) is 1. The van der Waals surface area contributed by atoms with Crippen LogP contribution in [0.3, 0.4) is 0 Å². The van der Waals surface area contributed by atoms with Crippen molar-refractivity contribution in [2.75, 3.05) is 20.3 Å². The molecule has 1 aliphatic heterocycles. The first-order chi connectivity index (χ1) is 13.4. The van der Waals surface area contributed by atoms with E-state index in [1.807, 2.05) is 18.2 Å². The van der Waals surface area contributed by atoms with Crippen LogP contribution >= 0.6 is 0 Å². The summed E-state index contributed by atoms with van der Waals surface area (Å²) < 4.78 is 15.1. The standard InChI is InChI=1S/C20H25NO7/c1-4-27-19(24)18-15(10-17(23)26-3)16(13(2)22)11-21(18)20(25)28-12-14-8-6-5-7-9-14/h5-9,15-16,18H,4,10-12H2,1-3H3/t15-,16+,18-/m0/s1. The molecular formula is C20H25NO7. The lowest BCUT2D eigenvalue weighted by Gasteiger charge is -2.25. The average Bonchev–Trinajstić information content (AvgIpc) is 3.06. The summed E-state index contributed by atoms with van der Waals surface area (Å²) in [5, 5.41) is 0. The third-order valence-electron chi connectivity index (χ3n) is 4.77. The minimum atomic E-state index is -1.09. The van der Waals surface area contributed by atoms with Gasteiger partial charge in [0.05, 0.1) is 20.1 Å². The van der Waals surface area contributed by atoms with Gasteiger partial charge in [-0.05, 0) is 19.4 Å². The van der Waals surface area contributed by atoms with Gasteiger partial charge in [0.2, 0.25) is 0 Å². The van der Waals surface area contributed by atoms with Crippen molar-refractivity contribution in [2.45, 2.75) is 32.9 Å². The predicted molar refractivity (Wildman–Crippen MR) is 98.0 cm³/mol. The molecule has 152 valence electrons. The van der Waals surface area contributed by atoms with E-state index in [9.17, 15) is 19.2 Å². The van der Waals surface area contributed by atoms with Crippen LogP contribution in [0.5, 0.6) is 0 Å². The number of rotatable bonds is 7. The third kappa shape index (κ3) is 5.09. The predicted octanol–water partition coefficient (Wildman–Crippen LogP) is 1.96. The molecule has 0 saturated carbocycles. The van der Waals surface area contributed by atoms with Crippen molar-refractivity contribution in [1.82, 2.24) is 4.90 Å². The summed E-state index contributed by atoms with van der Waals surface area (Å²) in [6.07, 6.45) is -0.910. The molecular weight excluding hydrogens is 366 g/mol. The molecule has 1 aromatic rings. The van der Waals surface area contributed by atoms with Gasteiger partial charge >= 0.3 is 18.0 Å². The number of carbonyl (C=O) groups is 4. The highest BCUT2D eigenvalue weighted by molar-refractivity contribution is 5.88. The second-order valence-corrected chi connectivity index (χ2v) is 6.55. The lowest BCUT2D eigenvalue weighted by Crippen LogP contribution is -2.45. The van der Waals surface area contributed by atoms with E-state index in [2.05, 4.69) is 0 Å². The molecule has 0 radical (unpaired) electrons. The van der Waals surface area contributed by atoms with Crippen LogP contribution in [0.15, 0.2) is 30.3 Å². The first-order valence-corrected chi connectivity index (χ1v) is 9.10. The number of likely N-dealkylation sites (tertiary alicyclic amines) is 1. The fourth-order valence-corrected chi connectivity index (χ4v) is 3.39. The molecule has 1 fully saturated rings. The SMILES string of the molecule is CCOC(=O)[C@@H]1[C@@H](CC(=O)OC)[C@@H](C(C)=O)CN1C(=O)OCc1ccccc1. The molecule has 0 unspecified atom stereocenters. The van der Waals surface area contributed by atoms with Crippen LogP contribution in [0, 0.1) is 11.8 Å². The fraction of sp³-hybridized carbons (Fsp3) is 0.500. The minimum Gasteiger partial charge on any atom is -0.469 e. The minimum absolute atomic E-state index is 0.0197. The molecule has 1 amide bonds. The maximum absolute atomic E-state index is 12.7. The Hall–Kier alpha value is -2.90. The van der Waals surface area contributed by atoms with E-state index in [1.54, 1.807) is 19.1 Å². The Balaban J connectivity index is 2.23.